The van der Waals surface area contributed by atoms with Crippen LogP contribution in [-0.4, -0.2) is 13.1 Å². The van der Waals surface area contributed by atoms with Gasteiger partial charge in [0, 0.05) is 0 Å². The number of hydrogen-bond acceptors (Lipinski definition) is 2. The lowest BCUT2D eigenvalue weighted by Crippen LogP contribution is -2.07. The summed E-state index contributed by atoms with van der Waals surface area (Å²) in [5, 5.41) is 0. The predicted molar refractivity (Wildman–Crippen MR) is 63.5 cm³/mol. The SMILES string of the molecule is COC(=O)c1ccc(C2CCC[C@@H]2C)cc1F. The van der Waals surface area contributed by atoms with Crippen LogP contribution in [0.1, 0.15) is 48.0 Å². The summed E-state index contributed by atoms with van der Waals surface area (Å²) < 4.78 is 18.3. The van der Waals surface area contributed by atoms with Crippen molar-refractivity contribution in [1.82, 2.24) is 0 Å². The molecular weight excluding hydrogens is 219 g/mol. The molecule has 0 heterocycles. The van der Waals surface area contributed by atoms with E-state index in [-0.39, 0.29) is 5.56 Å². The second-order valence-corrected chi connectivity index (χ2v) is 4.75. The van der Waals surface area contributed by atoms with E-state index in [1.165, 1.54) is 32.1 Å². The van der Waals surface area contributed by atoms with Gasteiger partial charge in [0.1, 0.15) is 5.82 Å². The highest BCUT2D eigenvalue weighted by atomic mass is 19.1. The van der Waals surface area contributed by atoms with Gasteiger partial charge in [-0.05, 0) is 36.0 Å². The van der Waals surface area contributed by atoms with Crippen molar-refractivity contribution in [1.29, 1.82) is 0 Å². The molecule has 1 aromatic rings. The van der Waals surface area contributed by atoms with Gasteiger partial charge in [-0.25, -0.2) is 9.18 Å². The van der Waals surface area contributed by atoms with Crippen molar-refractivity contribution in [2.75, 3.05) is 7.11 Å². The van der Waals surface area contributed by atoms with E-state index in [0.29, 0.717) is 11.8 Å². The summed E-state index contributed by atoms with van der Waals surface area (Å²) in [4.78, 5) is 11.3. The van der Waals surface area contributed by atoms with Gasteiger partial charge in [0.05, 0.1) is 12.7 Å². The van der Waals surface area contributed by atoms with Gasteiger partial charge in [-0.3, -0.25) is 0 Å². The maximum absolute atomic E-state index is 13.8. The molecule has 2 rings (SSSR count). The van der Waals surface area contributed by atoms with Gasteiger partial charge in [-0.1, -0.05) is 25.8 Å². The third-order valence-electron chi connectivity index (χ3n) is 3.69. The number of halogens is 1. The average molecular weight is 236 g/mol. The Balaban J connectivity index is 2.27. The van der Waals surface area contributed by atoms with Crippen molar-refractivity contribution >= 4 is 5.97 Å². The van der Waals surface area contributed by atoms with E-state index in [9.17, 15) is 9.18 Å². The van der Waals surface area contributed by atoms with Crippen molar-refractivity contribution in [2.45, 2.75) is 32.1 Å². The van der Waals surface area contributed by atoms with Gasteiger partial charge in [-0.2, -0.15) is 0 Å². The van der Waals surface area contributed by atoms with Crippen molar-refractivity contribution in [3.05, 3.63) is 35.1 Å². The zero-order valence-corrected chi connectivity index (χ0v) is 10.2. The van der Waals surface area contributed by atoms with Gasteiger partial charge in [0.25, 0.3) is 0 Å². The number of benzene rings is 1. The Morgan fingerprint density at radius 1 is 1.41 bits per heavy atom. The largest absolute Gasteiger partial charge is 0.465 e. The van der Waals surface area contributed by atoms with E-state index in [1.807, 2.05) is 6.07 Å². The average Bonchev–Trinajstić information content (AvgIpc) is 2.74. The molecule has 3 heteroatoms. The Bertz CT molecular complexity index is 428. The molecule has 0 N–H and O–H groups in total. The van der Waals surface area contributed by atoms with Crippen LogP contribution in [0.15, 0.2) is 18.2 Å². The zero-order chi connectivity index (χ0) is 12.4. The maximum Gasteiger partial charge on any atom is 0.340 e. The molecular formula is C14H17FO2. The van der Waals surface area contributed by atoms with Crippen LogP contribution in [0.2, 0.25) is 0 Å². The number of rotatable bonds is 2. The molecule has 0 spiro atoms. The lowest BCUT2D eigenvalue weighted by atomic mass is 9.89. The number of carbonyl (C=O) groups is 1. The first-order valence-corrected chi connectivity index (χ1v) is 6.01. The quantitative estimate of drug-likeness (QED) is 0.734. The van der Waals surface area contributed by atoms with Gasteiger partial charge >= 0.3 is 5.97 Å². The van der Waals surface area contributed by atoms with E-state index in [0.717, 1.165) is 12.0 Å². The Morgan fingerprint density at radius 2 is 2.18 bits per heavy atom. The number of methoxy groups -OCH3 is 1. The Morgan fingerprint density at radius 3 is 2.71 bits per heavy atom. The Kier molecular flexibility index (Phi) is 3.46. The van der Waals surface area contributed by atoms with E-state index < -0.39 is 11.8 Å². The molecule has 1 saturated carbocycles. The molecule has 2 nitrogen and oxygen atoms in total. The molecule has 1 fully saturated rings. The lowest BCUT2D eigenvalue weighted by Gasteiger charge is -2.16. The highest BCUT2D eigenvalue weighted by Crippen LogP contribution is 2.39. The Hall–Kier alpha value is -1.38. The normalized spacial score (nSPS) is 23.7. The second-order valence-electron chi connectivity index (χ2n) is 4.75. The Labute approximate surface area is 101 Å². The number of ether oxygens (including phenoxy) is 1. The van der Waals surface area contributed by atoms with E-state index in [1.54, 1.807) is 0 Å². The molecule has 17 heavy (non-hydrogen) atoms. The van der Waals surface area contributed by atoms with Crippen LogP contribution in [0.5, 0.6) is 0 Å². The molecule has 1 aromatic carbocycles. The summed E-state index contributed by atoms with van der Waals surface area (Å²) in [5.41, 5.74) is 1.02. The molecule has 0 saturated heterocycles. The lowest BCUT2D eigenvalue weighted by molar-refractivity contribution is 0.0595. The van der Waals surface area contributed by atoms with Crippen LogP contribution in [0.3, 0.4) is 0 Å². The topological polar surface area (TPSA) is 26.3 Å². The van der Waals surface area contributed by atoms with E-state index in [4.69, 9.17) is 0 Å². The summed E-state index contributed by atoms with van der Waals surface area (Å²) >= 11 is 0. The summed E-state index contributed by atoms with van der Waals surface area (Å²) in [6.07, 6.45) is 3.51. The zero-order valence-electron chi connectivity index (χ0n) is 10.2. The number of hydrogen-bond donors (Lipinski definition) is 0. The number of carbonyl (C=O) groups excluding carboxylic acids is 1. The molecule has 0 aliphatic heterocycles. The van der Waals surface area contributed by atoms with Crippen LogP contribution >= 0.6 is 0 Å². The first-order chi connectivity index (χ1) is 8.13. The molecule has 2 atom stereocenters. The van der Waals surface area contributed by atoms with Crippen molar-refractivity contribution in [2.24, 2.45) is 5.92 Å². The second kappa shape index (κ2) is 4.86. The van der Waals surface area contributed by atoms with Crippen molar-refractivity contribution in [3.63, 3.8) is 0 Å². The monoisotopic (exact) mass is 236 g/mol. The van der Waals surface area contributed by atoms with Gasteiger partial charge < -0.3 is 4.74 Å². The summed E-state index contributed by atoms with van der Waals surface area (Å²) in [5.74, 6) is -0.0726. The van der Waals surface area contributed by atoms with Crippen molar-refractivity contribution < 1.29 is 13.9 Å². The standard InChI is InChI=1S/C14H17FO2/c1-9-4-3-5-11(9)10-6-7-12(13(15)8-10)14(16)17-2/h6-9,11H,3-5H2,1-2H3/t9-,11?/m0/s1. The van der Waals surface area contributed by atoms with Gasteiger partial charge in [0.15, 0.2) is 0 Å². The first kappa shape index (κ1) is 12.1. The van der Waals surface area contributed by atoms with Crippen LogP contribution in [-0.2, 0) is 4.74 Å². The molecule has 1 aliphatic rings. The molecule has 0 aromatic heterocycles. The van der Waals surface area contributed by atoms with E-state index in [2.05, 4.69) is 11.7 Å². The molecule has 0 radical (unpaired) electrons. The fraction of sp³-hybridized carbons (Fsp3) is 0.500. The van der Waals surface area contributed by atoms with Gasteiger partial charge in [-0.15, -0.1) is 0 Å². The third-order valence-corrected chi connectivity index (χ3v) is 3.69. The minimum atomic E-state index is -0.617. The van der Waals surface area contributed by atoms with Crippen molar-refractivity contribution in [3.8, 4) is 0 Å². The highest BCUT2D eigenvalue weighted by Gasteiger charge is 2.26. The van der Waals surface area contributed by atoms with Crippen LogP contribution in [0.25, 0.3) is 0 Å². The van der Waals surface area contributed by atoms with E-state index >= 15 is 0 Å². The minimum Gasteiger partial charge on any atom is -0.465 e. The van der Waals surface area contributed by atoms with Gasteiger partial charge in [0.2, 0.25) is 0 Å². The molecule has 1 aliphatic carbocycles. The molecule has 92 valence electrons. The molecule has 1 unspecified atom stereocenters. The molecule has 0 bridgehead atoms. The smallest absolute Gasteiger partial charge is 0.340 e. The highest BCUT2D eigenvalue weighted by molar-refractivity contribution is 5.89. The van der Waals surface area contributed by atoms with Crippen LogP contribution < -0.4 is 0 Å². The number of esters is 1. The fourth-order valence-corrected chi connectivity index (χ4v) is 2.68. The predicted octanol–water partition coefficient (Wildman–Crippen LogP) is 3.52. The maximum atomic E-state index is 13.8. The summed E-state index contributed by atoms with van der Waals surface area (Å²) in [7, 11) is 1.26. The third kappa shape index (κ3) is 2.33. The minimum absolute atomic E-state index is 0.0156. The van der Waals surface area contributed by atoms with Crippen LogP contribution in [0, 0.1) is 11.7 Å². The summed E-state index contributed by atoms with van der Waals surface area (Å²) in [6.45, 7) is 2.20. The summed E-state index contributed by atoms with van der Waals surface area (Å²) in [6, 6.07) is 4.86. The fourth-order valence-electron chi connectivity index (χ4n) is 2.68. The van der Waals surface area contributed by atoms with Crippen LogP contribution in [0.4, 0.5) is 4.39 Å². The first-order valence-electron chi connectivity index (χ1n) is 6.01. The molecule has 0 amide bonds.